The Morgan fingerprint density at radius 1 is 1.25 bits per heavy atom. The molecule has 1 atom stereocenters. The molecule has 116 valence electrons. The Morgan fingerprint density at radius 3 is 2.50 bits per heavy atom. The molecule has 1 aromatic rings. The van der Waals surface area contributed by atoms with Gasteiger partial charge in [0.25, 0.3) is 0 Å². The molecule has 1 aromatic heterocycles. The number of nitrogens with one attached hydrogen (secondary N) is 1. The van der Waals surface area contributed by atoms with Gasteiger partial charge in [-0.3, -0.25) is 0 Å². The van der Waals surface area contributed by atoms with Crippen molar-refractivity contribution in [2.75, 3.05) is 18.1 Å². The summed E-state index contributed by atoms with van der Waals surface area (Å²) in [7, 11) is -2.90. The van der Waals surface area contributed by atoms with Crippen molar-refractivity contribution < 1.29 is 8.42 Å². The van der Waals surface area contributed by atoms with E-state index in [-0.39, 0.29) is 11.5 Å². The SMILES string of the molecule is CCCS(=O)(=O)CCn1ccc(C(NCC)C(C)C)c1. The molecule has 0 saturated carbocycles. The van der Waals surface area contributed by atoms with Crippen LogP contribution in [0.1, 0.15) is 45.7 Å². The lowest BCUT2D eigenvalue weighted by Gasteiger charge is -2.20. The third-order valence-electron chi connectivity index (χ3n) is 3.40. The predicted octanol–water partition coefficient (Wildman–Crippen LogP) is 2.62. The highest BCUT2D eigenvalue weighted by Gasteiger charge is 2.16. The predicted molar refractivity (Wildman–Crippen MR) is 84.6 cm³/mol. The normalized spacial score (nSPS) is 13.8. The second kappa shape index (κ2) is 7.84. The van der Waals surface area contributed by atoms with Gasteiger partial charge in [0, 0.05) is 30.7 Å². The van der Waals surface area contributed by atoms with Crippen LogP contribution >= 0.6 is 0 Å². The summed E-state index contributed by atoms with van der Waals surface area (Å²) in [6.45, 7) is 9.85. The Morgan fingerprint density at radius 2 is 1.95 bits per heavy atom. The standard InChI is InChI=1S/C15H28N2O2S/c1-5-10-20(18,19)11-9-17-8-7-14(12-17)15(13(3)4)16-6-2/h7-8,12-13,15-16H,5-6,9-11H2,1-4H3. The Hall–Kier alpha value is -0.810. The molecule has 4 nitrogen and oxygen atoms in total. The van der Waals surface area contributed by atoms with Crippen LogP contribution in [0.25, 0.3) is 0 Å². The fourth-order valence-electron chi connectivity index (χ4n) is 2.40. The largest absolute Gasteiger partial charge is 0.353 e. The molecular formula is C15H28N2O2S. The van der Waals surface area contributed by atoms with E-state index in [1.807, 2.05) is 17.7 Å². The average molecular weight is 300 g/mol. The van der Waals surface area contributed by atoms with E-state index in [1.54, 1.807) is 0 Å². The lowest BCUT2D eigenvalue weighted by atomic mass is 9.98. The molecule has 0 aromatic carbocycles. The first-order valence-corrected chi connectivity index (χ1v) is 9.31. The zero-order valence-electron chi connectivity index (χ0n) is 13.1. The highest BCUT2D eigenvalue weighted by atomic mass is 32.2. The molecule has 0 radical (unpaired) electrons. The lowest BCUT2D eigenvalue weighted by Crippen LogP contribution is -2.25. The molecule has 0 amide bonds. The number of nitrogens with zero attached hydrogens (tertiary/aromatic N) is 1. The van der Waals surface area contributed by atoms with Crippen LogP contribution in [0.15, 0.2) is 18.5 Å². The molecule has 0 bridgehead atoms. The van der Waals surface area contributed by atoms with Gasteiger partial charge in [-0.15, -0.1) is 0 Å². The summed E-state index contributed by atoms with van der Waals surface area (Å²) in [6.07, 6.45) is 4.73. The Balaban J connectivity index is 2.67. The minimum atomic E-state index is -2.90. The van der Waals surface area contributed by atoms with E-state index in [1.165, 1.54) is 5.56 Å². The van der Waals surface area contributed by atoms with E-state index in [9.17, 15) is 8.42 Å². The monoisotopic (exact) mass is 300 g/mol. The summed E-state index contributed by atoms with van der Waals surface area (Å²) >= 11 is 0. The van der Waals surface area contributed by atoms with Crippen LogP contribution in [-0.2, 0) is 16.4 Å². The average Bonchev–Trinajstić information content (AvgIpc) is 2.81. The maximum absolute atomic E-state index is 11.7. The number of hydrogen-bond acceptors (Lipinski definition) is 3. The van der Waals surface area contributed by atoms with Crippen molar-refractivity contribution >= 4 is 9.84 Å². The summed E-state index contributed by atoms with van der Waals surface area (Å²) in [4.78, 5) is 0. The van der Waals surface area contributed by atoms with Crippen molar-refractivity contribution in [1.82, 2.24) is 9.88 Å². The van der Waals surface area contributed by atoms with Crippen molar-refractivity contribution in [3.05, 3.63) is 24.0 Å². The van der Waals surface area contributed by atoms with Gasteiger partial charge in [0.15, 0.2) is 9.84 Å². The number of aryl methyl sites for hydroxylation is 1. The van der Waals surface area contributed by atoms with Crippen LogP contribution in [0.4, 0.5) is 0 Å². The van der Waals surface area contributed by atoms with Crippen molar-refractivity contribution in [2.45, 2.75) is 46.7 Å². The second-order valence-electron chi connectivity index (χ2n) is 5.61. The van der Waals surface area contributed by atoms with Crippen molar-refractivity contribution in [3.63, 3.8) is 0 Å². The molecule has 1 N–H and O–H groups in total. The molecule has 1 rings (SSSR count). The molecule has 0 aliphatic carbocycles. The van der Waals surface area contributed by atoms with Crippen molar-refractivity contribution in [2.24, 2.45) is 5.92 Å². The maximum Gasteiger partial charge on any atom is 0.152 e. The van der Waals surface area contributed by atoms with Crippen LogP contribution in [0.2, 0.25) is 0 Å². The summed E-state index contributed by atoms with van der Waals surface area (Å²) in [5.74, 6) is 1.02. The molecule has 0 spiro atoms. The van der Waals surface area contributed by atoms with E-state index >= 15 is 0 Å². The third kappa shape index (κ3) is 5.29. The lowest BCUT2D eigenvalue weighted by molar-refractivity contribution is 0.421. The quantitative estimate of drug-likeness (QED) is 0.762. The van der Waals surface area contributed by atoms with Gasteiger partial charge in [-0.2, -0.15) is 0 Å². The third-order valence-corrected chi connectivity index (χ3v) is 5.23. The van der Waals surface area contributed by atoms with Crippen molar-refractivity contribution in [3.8, 4) is 0 Å². The van der Waals surface area contributed by atoms with E-state index in [2.05, 4.69) is 38.4 Å². The molecule has 5 heteroatoms. The zero-order valence-corrected chi connectivity index (χ0v) is 13.9. The maximum atomic E-state index is 11.7. The first-order chi connectivity index (χ1) is 9.39. The fraction of sp³-hybridized carbons (Fsp3) is 0.733. The Kier molecular flexibility index (Phi) is 6.76. The summed E-state index contributed by atoms with van der Waals surface area (Å²) < 4.78 is 25.4. The first kappa shape index (κ1) is 17.2. The van der Waals surface area contributed by atoms with Gasteiger partial charge in [-0.1, -0.05) is 27.7 Å². The molecule has 0 aliphatic rings. The molecule has 0 aliphatic heterocycles. The van der Waals surface area contributed by atoms with Crippen LogP contribution in [0.3, 0.4) is 0 Å². The molecule has 1 unspecified atom stereocenters. The summed E-state index contributed by atoms with van der Waals surface area (Å²) in [5, 5.41) is 3.47. The van der Waals surface area contributed by atoms with Crippen molar-refractivity contribution in [1.29, 1.82) is 0 Å². The van der Waals surface area contributed by atoms with Gasteiger partial charge < -0.3 is 9.88 Å². The highest BCUT2D eigenvalue weighted by Crippen LogP contribution is 2.21. The fourth-order valence-corrected chi connectivity index (χ4v) is 3.71. The van der Waals surface area contributed by atoms with Gasteiger partial charge in [-0.05, 0) is 30.5 Å². The van der Waals surface area contributed by atoms with Gasteiger partial charge >= 0.3 is 0 Å². The molecule has 20 heavy (non-hydrogen) atoms. The second-order valence-corrected chi connectivity index (χ2v) is 7.92. The number of rotatable bonds is 9. The van der Waals surface area contributed by atoms with Gasteiger partial charge in [0.1, 0.15) is 0 Å². The van der Waals surface area contributed by atoms with Gasteiger partial charge in [-0.25, -0.2) is 8.42 Å². The smallest absolute Gasteiger partial charge is 0.152 e. The summed E-state index contributed by atoms with van der Waals surface area (Å²) in [6, 6.07) is 2.41. The van der Waals surface area contributed by atoms with Crippen LogP contribution in [0.5, 0.6) is 0 Å². The minimum Gasteiger partial charge on any atom is -0.353 e. The van der Waals surface area contributed by atoms with Crippen LogP contribution in [-0.4, -0.2) is 31.0 Å². The molecule has 0 saturated heterocycles. The molecular weight excluding hydrogens is 272 g/mol. The van der Waals surface area contributed by atoms with Crippen LogP contribution in [0, 0.1) is 5.92 Å². The summed E-state index contributed by atoms with van der Waals surface area (Å²) in [5.41, 5.74) is 1.23. The highest BCUT2D eigenvalue weighted by molar-refractivity contribution is 7.91. The number of sulfone groups is 1. The number of hydrogen-bond donors (Lipinski definition) is 1. The minimum absolute atomic E-state index is 0.225. The van der Waals surface area contributed by atoms with E-state index < -0.39 is 9.84 Å². The Bertz CT molecular complexity index is 492. The van der Waals surface area contributed by atoms with E-state index in [4.69, 9.17) is 0 Å². The van der Waals surface area contributed by atoms with E-state index in [0.29, 0.717) is 24.9 Å². The Labute approximate surface area is 123 Å². The van der Waals surface area contributed by atoms with Gasteiger partial charge in [0.05, 0.1) is 5.75 Å². The number of aromatic nitrogens is 1. The molecule has 0 fully saturated rings. The van der Waals surface area contributed by atoms with Gasteiger partial charge in [0.2, 0.25) is 0 Å². The van der Waals surface area contributed by atoms with E-state index in [0.717, 1.165) is 6.54 Å². The first-order valence-electron chi connectivity index (χ1n) is 7.49. The topological polar surface area (TPSA) is 51.1 Å². The molecule has 1 heterocycles. The van der Waals surface area contributed by atoms with Crippen LogP contribution < -0.4 is 5.32 Å². The zero-order chi connectivity index (χ0) is 15.2.